The van der Waals surface area contributed by atoms with Crippen LogP contribution in [0.15, 0.2) is 47.8 Å². The highest BCUT2D eigenvalue weighted by molar-refractivity contribution is 7.09. The van der Waals surface area contributed by atoms with Crippen molar-refractivity contribution in [2.45, 2.75) is 13.2 Å². The molecule has 2 N–H and O–H groups in total. The average molecular weight is 438 g/mol. The number of halogens is 2. The van der Waals surface area contributed by atoms with Gasteiger partial charge < -0.3 is 19.9 Å². The third kappa shape index (κ3) is 4.90. The second-order valence-electron chi connectivity index (χ2n) is 5.83. The van der Waals surface area contributed by atoms with Crippen LogP contribution in [0.4, 0.5) is 5.69 Å². The van der Waals surface area contributed by atoms with Crippen molar-refractivity contribution in [3.05, 3.63) is 73.9 Å². The van der Waals surface area contributed by atoms with E-state index < -0.39 is 5.97 Å². The van der Waals surface area contributed by atoms with Crippen LogP contribution in [0.3, 0.4) is 0 Å². The lowest BCUT2D eigenvalue weighted by Crippen LogP contribution is -2.03. The Morgan fingerprint density at radius 3 is 2.64 bits per heavy atom. The molecule has 0 bridgehead atoms. The average Bonchev–Trinajstić information content (AvgIpc) is 3.18. The van der Waals surface area contributed by atoms with Gasteiger partial charge in [-0.3, -0.25) is 0 Å². The van der Waals surface area contributed by atoms with E-state index in [0.717, 1.165) is 10.4 Å². The number of ether oxygens (including phenoxy) is 2. The van der Waals surface area contributed by atoms with Gasteiger partial charge in [0.25, 0.3) is 0 Å². The predicted molar refractivity (Wildman–Crippen MR) is 112 cm³/mol. The lowest BCUT2D eigenvalue weighted by molar-refractivity contribution is 0.0697. The summed E-state index contributed by atoms with van der Waals surface area (Å²) in [7, 11) is 1.56. The highest BCUT2D eigenvalue weighted by Gasteiger charge is 2.13. The molecule has 0 saturated carbocycles. The molecule has 0 radical (unpaired) electrons. The maximum absolute atomic E-state index is 11.0. The molecule has 146 valence electrons. The number of benzene rings is 2. The smallest absolute Gasteiger partial charge is 0.337 e. The molecule has 28 heavy (non-hydrogen) atoms. The summed E-state index contributed by atoms with van der Waals surface area (Å²) in [5, 5.41) is 14.8. The molecule has 3 rings (SSSR count). The van der Waals surface area contributed by atoms with Crippen LogP contribution in [0.25, 0.3) is 0 Å². The SMILES string of the molecule is COc1cc(CNc2ccc(C(=O)O)c(Cl)c2)cc(Cl)c1OCc1cccs1. The van der Waals surface area contributed by atoms with Gasteiger partial charge in [0.15, 0.2) is 11.5 Å². The van der Waals surface area contributed by atoms with Crippen LogP contribution in [0.5, 0.6) is 11.5 Å². The maximum Gasteiger partial charge on any atom is 0.337 e. The van der Waals surface area contributed by atoms with E-state index >= 15 is 0 Å². The van der Waals surface area contributed by atoms with Gasteiger partial charge >= 0.3 is 5.97 Å². The molecule has 0 unspecified atom stereocenters. The molecule has 8 heteroatoms. The van der Waals surface area contributed by atoms with Crippen LogP contribution in [0.1, 0.15) is 20.8 Å². The summed E-state index contributed by atoms with van der Waals surface area (Å²) in [6.07, 6.45) is 0. The van der Waals surface area contributed by atoms with Gasteiger partial charge in [0.2, 0.25) is 0 Å². The molecule has 0 atom stereocenters. The molecule has 0 spiro atoms. The summed E-state index contributed by atoms with van der Waals surface area (Å²) in [6, 6.07) is 12.3. The highest BCUT2D eigenvalue weighted by atomic mass is 35.5. The zero-order chi connectivity index (χ0) is 20.1. The number of methoxy groups -OCH3 is 1. The molecule has 0 aliphatic rings. The molecular formula is C20H17Cl2NO4S. The minimum atomic E-state index is -1.06. The fourth-order valence-electron chi connectivity index (χ4n) is 2.56. The van der Waals surface area contributed by atoms with Gasteiger partial charge in [0.1, 0.15) is 6.61 Å². The highest BCUT2D eigenvalue weighted by Crippen LogP contribution is 2.37. The Morgan fingerprint density at radius 2 is 2.00 bits per heavy atom. The molecule has 0 aliphatic heterocycles. The van der Waals surface area contributed by atoms with Crippen molar-refractivity contribution >= 4 is 46.2 Å². The Balaban J connectivity index is 1.71. The van der Waals surface area contributed by atoms with Gasteiger partial charge in [-0.25, -0.2) is 4.79 Å². The van der Waals surface area contributed by atoms with Crippen molar-refractivity contribution in [2.24, 2.45) is 0 Å². The number of carboxylic acids is 1. The minimum Gasteiger partial charge on any atom is -0.493 e. The summed E-state index contributed by atoms with van der Waals surface area (Å²) in [6.45, 7) is 0.865. The second kappa shape index (κ2) is 9.19. The summed E-state index contributed by atoms with van der Waals surface area (Å²) >= 11 is 14.0. The van der Waals surface area contributed by atoms with Gasteiger partial charge in [-0.05, 0) is 47.3 Å². The number of nitrogens with one attached hydrogen (secondary N) is 1. The Morgan fingerprint density at radius 1 is 1.18 bits per heavy atom. The molecular weight excluding hydrogens is 421 g/mol. The number of rotatable bonds is 8. The van der Waals surface area contributed by atoms with Crippen LogP contribution < -0.4 is 14.8 Å². The zero-order valence-electron chi connectivity index (χ0n) is 14.9. The molecule has 3 aromatic rings. The van der Waals surface area contributed by atoms with E-state index in [1.807, 2.05) is 23.6 Å². The first-order valence-corrected chi connectivity index (χ1v) is 9.90. The van der Waals surface area contributed by atoms with Gasteiger partial charge in [-0.2, -0.15) is 0 Å². The van der Waals surface area contributed by atoms with Gasteiger partial charge in [-0.15, -0.1) is 11.3 Å². The summed E-state index contributed by atoms with van der Waals surface area (Å²) in [5.41, 5.74) is 1.64. The first-order chi connectivity index (χ1) is 13.5. The topological polar surface area (TPSA) is 67.8 Å². The summed E-state index contributed by atoms with van der Waals surface area (Å²) < 4.78 is 11.3. The lowest BCUT2D eigenvalue weighted by atomic mass is 10.1. The number of hydrogen-bond donors (Lipinski definition) is 2. The first kappa shape index (κ1) is 20.3. The predicted octanol–water partition coefficient (Wildman–Crippen LogP) is 5.95. The van der Waals surface area contributed by atoms with Crippen LogP contribution in [-0.4, -0.2) is 18.2 Å². The van der Waals surface area contributed by atoms with Crippen molar-refractivity contribution in [1.82, 2.24) is 0 Å². The van der Waals surface area contributed by atoms with Crippen molar-refractivity contribution in [2.75, 3.05) is 12.4 Å². The number of carbonyl (C=O) groups is 1. The van der Waals surface area contributed by atoms with Crippen LogP contribution >= 0.6 is 34.5 Å². The molecule has 0 saturated heterocycles. The monoisotopic (exact) mass is 437 g/mol. The van der Waals surface area contributed by atoms with E-state index in [9.17, 15) is 4.79 Å². The zero-order valence-corrected chi connectivity index (χ0v) is 17.2. The number of hydrogen-bond acceptors (Lipinski definition) is 5. The molecule has 0 amide bonds. The van der Waals surface area contributed by atoms with Crippen LogP contribution in [0, 0.1) is 0 Å². The maximum atomic E-state index is 11.0. The lowest BCUT2D eigenvalue weighted by Gasteiger charge is -2.15. The van der Waals surface area contributed by atoms with Crippen LogP contribution in [-0.2, 0) is 13.2 Å². The van der Waals surface area contributed by atoms with Gasteiger partial charge in [-0.1, -0.05) is 29.3 Å². The molecule has 0 fully saturated rings. The van der Waals surface area contributed by atoms with E-state index in [2.05, 4.69) is 5.32 Å². The fraction of sp³-hybridized carbons (Fsp3) is 0.150. The van der Waals surface area contributed by atoms with Crippen molar-refractivity contribution in [3.8, 4) is 11.5 Å². The van der Waals surface area contributed by atoms with E-state index in [1.54, 1.807) is 36.6 Å². The molecule has 1 heterocycles. The Bertz CT molecular complexity index is 977. The quantitative estimate of drug-likeness (QED) is 0.455. The Hall–Kier alpha value is -2.41. The Labute approximate surface area is 176 Å². The van der Waals surface area contributed by atoms with E-state index in [-0.39, 0.29) is 10.6 Å². The van der Waals surface area contributed by atoms with Gasteiger partial charge in [0, 0.05) is 17.1 Å². The largest absolute Gasteiger partial charge is 0.493 e. The minimum absolute atomic E-state index is 0.0594. The van der Waals surface area contributed by atoms with Gasteiger partial charge in [0.05, 0.1) is 22.7 Å². The number of thiophene rings is 1. The third-order valence-corrected chi connectivity index (χ3v) is 5.37. The van der Waals surface area contributed by atoms with Crippen molar-refractivity contribution in [3.63, 3.8) is 0 Å². The van der Waals surface area contributed by atoms with Crippen molar-refractivity contribution < 1.29 is 19.4 Å². The molecule has 2 aromatic carbocycles. The second-order valence-corrected chi connectivity index (χ2v) is 7.68. The first-order valence-electron chi connectivity index (χ1n) is 8.26. The van der Waals surface area contributed by atoms with Crippen LogP contribution in [0.2, 0.25) is 10.0 Å². The summed E-state index contributed by atoms with van der Waals surface area (Å²) in [5.74, 6) is -0.0264. The number of aromatic carboxylic acids is 1. The van der Waals surface area contributed by atoms with E-state index in [1.165, 1.54) is 6.07 Å². The molecule has 5 nitrogen and oxygen atoms in total. The fourth-order valence-corrected chi connectivity index (χ4v) is 3.72. The van der Waals surface area contributed by atoms with E-state index in [4.69, 9.17) is 37.8 Å². The normalized spacial score (nSPS) is 10.5. The van der Waals surface area contributed by atoms with Crippen molar-refractivity contribution in [1.29, 1.82) is 0 Å². The Kier molecular flexibility index (Phi) is 6.67. The standard InChI is InChI=1S/C20H17Cl2NO4S/c1-26-18-8-12(7-17(22)19(18)27-11-14-3-2-6-28-14)10-23-13-4-5-15(20(24)25)16(21)9-13/h2-9,23H,10-11H2,1H3,(H,24,25). The number of anilines is 1. The van der Waals surface area contributed by atoms with E-state index in [0.29, 0.717) is 35.4 Å². The third-order valence-electron chi connectivity index (χ3n) is 3.92. The number of carboxylic acid groups (broad SMARTS) is 1. The summed E-state index contributed by atoms with van der Waals surface area (Å²) in [4.78, 5) is 12.1. The molecule has 0 aliphatic carbocycles. The molecule has 1 aromatic heterocycles.